The molecule has 1 heterocycles. The van der Waals surface area contributed by atoms with E-state index in [1.807, 2.05) is 6.92 Å². The molecule has 36 heavy (non-hydrogen) atoms. The Kier molecular flexibility index (Phi) is 9.72. The van der Waals surface area contributed by atoms with E-state index in [0.29, 0.717) is 19.5 Å². The van der Waals surface area contributed by atoms with E-state index in [9.17, 15) is 40.6 Å². The van der Waals surface area contributed by atoms with Crippen molar-refractivity contribution in [2.24, 2.45) is 0 Å². The zero-order chi connectivity index (χ0) is 27.3. The molecule has 1 aliphatic heterocycles. The van der Waals surface area contributed by atoms with Gasteiger partial charge in [-0.3, -0.25) is 4.90 Å². The average molecular weight is 523 g/mol. The van der Waals surface area contributed by atoms with Crippen LogP contribution in [0.4, 0.5) is 35.5 Å². The molecular weight excluding hydrogens is 495 g/mol. The lowest BCUT2D eigenvalue weighted by molar-refractivity contribution is -0.143. The number of hydrogen-bond donors (Lipinski definition) is 3. The maximum Gasteiger partial charge on any atom is 0.416 e. The summed E-state index contributed by atoms with van der Waals surface area (Å²) >= 11 is 0. The minimum absolute atomic E-state index is 0.0559. The van der Waals surface area contributed by atoms with Crippen LogP contribution < -0.4 is 10.6 Å². The Morgan fingerprint density at radius 3 is 2.11 bits per heavy atom. The third-order valence-electron chi connectivity index (χ3n) is 5.88. The van der Waals surface area contributed by atoms with Crippen LogP contribution in [-0.2, 0) is 12.4 Å². The van der Waals surface area contributed by atoms with Gasteiger partial charge in [0.1, 0.15) is 5.82 Å². The van der Waals surface area contributed by atoms with Gasteiger partial charge in [-0.2, -0.15) is 26.3 Å². The fraction of sp³-hybridized carbons (Fsp3) is 0.458. The monoisotopic (exact) mass is 523 g/mol. The number of aryl methyl sites for hydroxylation is 1. The summed E-state index contributed by atoms with van der Waals surface area (Å²) in [5, 5.41) is 15.1. The van der Waals surface area contributed by atoms with Gasteiger partial charge in [-0.15, -0.1) is 0 Å². The number of carbonyl (C=O) groups is 1. The van der Waals surface area contributed by atoms with Gasteiger partial charge in [-0.05, 0) is 80.9 Å². The van der Waals surface area contributed by atoms with Crippen molar-refractivity contribution in [2.45, 2.75) is 44.7 Å². The molecule has 200 valence electrons. The van der Waals surface area contributed by atoms with Crippen LogP contribution >= 0.6 is 0 Å². The van der Waals surface area contributed by atoms with Crippen molar-refractivity contribution in [1.29, 1.82) is 0 Å². The molecule has 2 aromatic rings. The van der Waals surface area contributed by atoms with Crippen LogP contribution in [0.2, 0.25) is 0 Å². The zero-order valence-electron chi connectivity index (χ0n) is 19.9. The summed E-state index contributed by atoms with van der Waals surface area (Å²) in [6, 6.07) is 5.29. The molecule has 2 aromatic carbocycles. The SMILES string of the molecule is CN[C@H](C)c1cc(C(F)(F)F)cc(C(F)(F)F)c1.Cc1cc(F)ccc1[C@H]1CCNCCN1C(=O)O. The summed E-state index contributed by atoms with van der Waals surface area (Å²) in [5.74, 6) is -0.287. The largest absolute Gasteiger partial charge is 0.465 e. The molecule has 0 unspecified atom stereocenters. The first-order valence-electron chi connectivity index (χ1n) is 11.1. The number of hydrogen-bond acceptors (Lipinski definition) is 3. The number of amides is 1. The van der Waals surface area contributed by atoms with Gasteiger partial charge in [0.05, 0.1) is 17.2 Å². The fourth-order valence-corrected chi connectivity index (χ4v) is 3.84. The number of alkyl halides is 6. The van der Waals surface area contributed by atoms with Crippen molar-refractivity contribution in [2.75, 3.05) is 26.7 Å². The van der Waals surface area contributed by atoms with Crippen LogP contribution in [0.15, 0.2) is 36.4 Å². The summed E-state index contributed by atoms with van der Waals surface area (Å²) in [4.78, 5) is 12.7. The third-order valence-corrected chi connectivity index (χ3v) is 5.88. The Labute approximate surface area is 204 Å². The molecule has 1 amide bonds. The molecule has 3 rings (SSSR count). The van der Waals surface area contributed by atoms with Crippen molar-refractivity contribution in [3.05, 3.63) is 70.0 Å². The van der Waals surface area contributed by atoms with Gasteiger partial charge in [-0.25, -0.2) is 9.18 Å². The van der Waals surface area contributed by atoms with Crippen LogP contribution in [0.25, 0.3) is 0 Å². The molecule has 12 heteroatoms. The van der Waals surface area contributed by atoms with Gasteiger partial charge in [-0.1, -0.05) is 6.07 Å². The molecule has 0 spiro atoms. The Hall–Kier alpha value is -2.86. The number of nitrogens with zero attached hydrogens (tertiary/aromatic N) is 1. The third kappa shape index (κ3) is 7.82. The topological polar surface area (TPSA) is 64.6 Å². The summed E-state index contributed by atoms with van der Waals surface area (Å²) in [5.41, 5.74) is -0.959. The highest BCUT2D eigenvalue weighted by Gasteiger charge is 2.37. The lowest BCUT2D eigenvalue weighted by atomic mass is 9.97. The van der Waals surface area contributed by atoms with E-state index < -0.39 is 35.6 Å². The van der Waals surface area contributed by atoms with Crippen molar-refractivity contribution in [3.63, 3.8) is 0 Å². The molecule has 1 fully saturated rings. The van der Waals surface area contributed by atoms with E-state index in [1.54, 1.807) is 6.07 Å². The van der Waals surface area contributed by atoms with Crippen LogP contribution in [0, 0.1) is 12.7 Å². The fourth-order valence-electron chi connectivity index (χ4n) is 3.84. The number of halogens is 7. The zero-order valence-corrected chi connectivity index (χ0v) is 19.9. The molecule has 2 atom stereocenters. The summed E-state index contributed by atoms with van der Waals surface area (Å²) in [6.07, 6.45) is -9.82. The number of rotatable bonds is 3. The predicted molar refractivity (Wildman–Crippen MR) is 120 cm³/mol. The van der Waals surface area contributed by atoms with E-state index in [0.717, 1.165) is 29.8 Å². The lowest BCUT2D eigenvalue weighted by Gasteiger charge is -2.28. The Bertz CT molecular complexity index is 1010. The first kappa shape index (κ1) is 29.4. The second-order valence-electron chi connectivity index (χ2n) is 8.38. The normalized spacial score (nSPS) is 17.6. The second kappa shape index (κ2) is 11.9. The molecule has 0 aliphatic carbocycles. The lowest BCUT2D eigenvalue weighted by Crippen LogP contribution is -2.35. The molecule has 3 N–H and O–H groups in total. The molecule has 0 aromatic heterocycles. The minimum Gasteiger partial charge on any atom is -0.465 e. The maximum absolute atomic E-state index is 13.1. The van der Waals surface area contributed by atoms with Crippen LogP contribution in [0.5, 0.6) is 0 Å². The second-order valence-corrected chi connectivity index (χ2v) is 8.38. The average Bonchev–Trinajstić information content (AvgIpc) is 3.04. The van der Waals surface area contributed by atoms with E-state index in [4.69, 9.17) is 0 Å². The van der Waals surface area contributed by atoms with E-state index >= 15 is 0 Å². The van der Waals surface area contributed by atoms with Crippen molar-refractivity contribution in [3.8, 4) is 0 Å². The Morgan fingerprint density at radius 2 is 1.64 bits per heavy atom. The molecule has 5 nitrogen and oxygen atoms in total. The molecule has 0 bridgehead atoms. The first-order valence-corrected chi connectivity index (χ1v) is 11.1. The quantitative estimate of drug-likeness (QED) is 0.422. The molecule has 1 aliphatic rings. The van der Waals surface area contributed by atoms with Gasteiger partial charge in [0.2, 0.25) is 0 Å². The Morgan fingerprint density at radius 1 is 1.06 bits per heavy atom. The highest BCUT2D eigenvalue weighted by molar-refractivity contribution is 5.66. The smallest absolute Gasteiger partial charge is 0.416 e. The molecular formula is C24H28F7N3O2. The summed E-state index contributed by atoms with van der Waals surface area (Å²) in [6.45, 7) is 5.18. The van der Waals surface area contributed by atoms with Crippen LogP contribution in [0.3, 0.4) is 0 Å². The van der Waals surface area contributed by atoms with Crippen LogP contribution in [-0.4, -0.2) is 42.8 Å². The molecule has 0 radical (unpaired) electrons. The first-order chi connectivity index (χ1) is 16.6. The standard InChI is InChI=1S/C13H17FN2O2.C11H11F6N/c1-9-8-10(14)2-3-11(9)12-4-5-15-6-7-16(12)13(17)18;1-6(18-2)7-3-8(10(12,13)14)5-9(4-7)11(15,16)17/h2-3,8,12,15H,4-7H2,1H3,(H,17,18);3-6,18H,1-2H3/t12-;6-/m11/s1. The Balaban J connectivity index is 0.000000254. The van der Waals surface area contributed by atoms with Gasteiger partial charge in [0.25, 0.3) is 0 Å². The van der Waals surface area contributed by atoms with Gasteiger partial charge in [0, 0.05) is 19.1 Å². The van der Waals surface area contributed by atoms with Gasteiger partial charge >= 0.3 is 18.4 Å². The summed E-state index contributed by atoms with van der Waals surface area (Å²) in [7, 11) is 1.46. The number of benzene rings is 2. The highest BCUT2D eigenvalue weighted by atomic mass is 19.4. The highest BCUT2D eigenvalue weighted by Crippen LogP contribution is 2.37. The van der Waals surface area contributed by atoms with Gasteiger partial charge < -0.3 is 15.7 Å². The van der Waals surface area contributed by atoms with Crippen molar-refractivity contribution >= 4 is 6.09 Å². The maximum atomic E-state index is 13.1. The minimum atomic E-state index is -4.80. The summed E-state index contributed by atoms with van der Waals surface area (Å²) < 4.78 is 88.2. The number of nitrogens with one attached hydrogen (secondary N) is 2. The number of carboxylic acid groups (broad SMARTS) is 1. The van der Waals surface area contributed by atoms with Crippen molar-refractivity contribution in [1.82, 2.24) is 15.5 Å². The van der Waals surface area contributed by atoms with Gasteiger partial charge in [0.15, 0.2) is 0 Å². The van der Waals surface area contributed by atoms with E-state index in [-0.39, 0.29) is 23.5 Å². The molecule has 0 saturated carbocycles. The molecule has 1 saturated heterocycles. The predicted octanol–water partition coefficient (Wildman–Crippen LogP) is 6.15. The van der Waals surface area contributed by atoms with Crippen molar-refractivity contribution < 1.29 is 40.6 Å². The van der Waals surface area contributed by atoms with Crippen LogP contribution in [0.1, 0.15) is 53.2 Å². The van der Waals surface area contributed by atoms with E-state index in [1.165, 1.54) is 31.0 Å². The van der Waals surface area contributed by atoms with E-state index in [2.05, 4.69) is 10.6 Å².